The topological polar surface area (TPSA) is 49.4 Å². The number of hydrogen-bond acceptors (Lipinski definition) is 2. The first-order chi connectivity index (χ1) is 10.4. The van der Waals surface area contributed by atoms with Gasteiger partial charge in [-0.15, -0.1) is 0 Å². The number of rotatable bonds is 5. The Morgan fingerprint density at radius 1 is 1.50 bits per heavy atom. The molecule has 1 heterocycles. The Morgan fingerprint density at radius 3 is 2.86 bits per heavy atom. The highest BCUT2D eigenvalue weighted by molar-refractivity contribution is 6.31. The zero-order chi connectivity index (χ0) is 16.3. The maximum Gasteiger partial charge on any atom is 0.243 e. The van der Waals surface area contributed by atoms with E-state index in [4.69, 9.17) is 11.6 Å². The second-order valence-corrected chi connectivity index (χ2v) is 6.36. The molecule has 1 aliphatic heterocycles. The largest absolute Gasteiger partial charge is 0.350 e. The van der Waals surface area contributed by atoms with E-state index in [-0.39, 0.29) is 23.4 Å². The van der Waals surface area contributed by atoms with Crippen LogP contribution in [0.15, 0.2) is 18.2 Å². The maximum atomic E-state index is 13.0. The van der Waals surface area contributed by atoms with Crippen molar-refractivity contribution in [2.24, 2.45) is 5.92 Å². The lowest BCUT2D eigenvalue weighted by Gasteiger charge is -2.25. The number of amides is 2. The molecule has 0 aliphatic carbocycles. The van der Waals surface area contributed by atoms with Crippen LogP contribution >= 0.6 is 11.6 Å². The molecule has 1 aliphatic rings. The van der Waals surface area contributed by atoms with Crippen molar-refractivity contribution in [3.8, 4) is 0 Å². The molecule has 1 aromatic carbocycles. The highest BCUT2D eigenvalue weighted by Gasteiger charge is 2.35. The van der Waals surface area contributed by atoms with Gasteiger partial charge in [0.1, 0.15) is 11.9 Å². The smallest absolute Gasteiger partial charge is 0.243 e. The number of likely N-dealkylation sites (tertiary alicyclic amines) is 1. The van der Waals surface area contributed by atoms with Crippen molar-refractivity contribution >= 4 is 23.4 Å². The Balaban J connectivity index is 1.98. The van der Waals surface area contributed by atoms with Crippen LogP contribution in [0, 0.1) is 11.7 Å². The number of carbonyl (C=O) groups is 2. The lowest BCUT2D eigenvalue weighted by Crippen LogP contribution is -2.45. The quantitative estimate of drug-likeness (QED) is 0.904. The molecular formula is C16H20ClFN2O2. The first-order valence-electron chi connectivity index (χ1n) is 7.39. The van der Waals surface area contributed by atoms with Gasteiger partial charge < -0.3 is 10.2 Å². The van der Waals surface area contributed by atoms with Gasteiger partial charge in [0.05, 0.1) is 0 Å². The molecule has 0 radical (unpaired) electrons. The molecule has 2 rings (SSSR count). The van der Waals surface area contributed by atoms with Crippen LogP contribution in [0.3, 0.4) is 0 Å². The SMILES string of the molecule is CC(C)CN1C(=O)CC[C@H]1C(=O)NCc1ccc(F)cc1Cl. The fourth-order valence-corrected chi connectivity index (χ4v) is 2.83. The second-order valence-electron chi connectivity index (χ2n) is 5.95. The molecule has 2 amide bonds. The molecular weight excluding hydrogens is 307 g/mol. The average Bonchev–Trinajstić information content (AvgIpc) is 2.78. The first-order valence-corrected chi connectivity index (χ1v) is 7.77. The van der Waals surface area contributed by atoms with Crippen molar-refractivity contribution in [2.75, 3.05) is 6.54 Å². The van der Waals surface area contributed by atoms with Crippen LogP contribution in [0.2, 0.25) is 5.02 Å². The predicted molar refractivity (Wildman–Crippen MR) is 82.8 cm³/mol. The van der Waals surface area contributed by atoms with Crippen molar-refractivity contribution in [3.05, 3.63) is 34.6 Å². The molecule has 1 saturated heterocycles. The van der Waals surface area contributed by atoms with Gasteiger partial charge in [0, 0.05) is 24.5 Å². The van der Waals surface area contributed by atoms with Crippen LogP contribution in [0.4, 0.5) is 4.39 Å². The van der Waals surface area contributed by atoms with Crippen molar-refractivity contribution in [1.29, 1.82) is 0 Å². The summed E-state index contributed by atoms with van der Waals surface area (Å²) in [5.41, 5.74) is 0.649. The summed E-state index contributed by atoms with van der Waals surface area (Å²) in [7, 11) is 0. The summed E-state index contributed by atoms with van der Waals surface area (Å²) in [5.74, 6) is -0.269. The summed E-state index contributed by atoms with van der Waals surface area (Å²) >= 11 is 5.94. The van der Waals surface area contributed by atoms with Crippen LogP contribution in [0.25, 0.3) is 0 Å². The van der Waals surface area contributed by atoms with Gasteiger partial charge >= 0.3 is 0 Å². The highest BCUT2D eigenvalue weighted by Crippen LogP contribution is 2.21. The molecule has 120 valence electrons. The number of nitrogens with zero attached hydrogens (tertiary/aromatic N) is 1. The molecule has 1 N–H and O–H groups in total. The van der Waals surface area contributed by atoms with E-state index in [9.17, 15) is 14.0 Å². The van der Waals surface area contributed by atoms with Crippen LogP contribution in [0.5, 0.6) is 0 Å². The van der Waals surface area contributed by atoms with Crippen molar-refractivity contribution in [1.82, 2.24) is 10.2 Å². The summed E-state index contributed by atoms with van der Waals surface area (Å²) < 4.78 is 13.0. The van der Waals surface area contributed by atoms with E-state index in [2.05, 4.69) is 5.32 Å². The monoisotopic (exact) mass is 326 g/mol. The molecule has 1 aromatic rings. The number of hydrogen-bond donors (Lipinski definition) is 1. The summed E-state index contributed by atoms with van der Waals surface area (Å²) in [6.45, 7) is 4.82. The van der Waals surface area contributed by atoms with E-state index < -0.39 is 11.9 Å². The van der Waals surface area contributed by atoms with E-state index >= 15 is 0 Å². The standard InChI is InChI=1S/C16H20ClFN2O2/c1-10(2)9-20-14(5-6-15(20)21)16(22)19-8-11-3-4-12(18)7-13(11)17/h3-4,7,10,14H,5-6,8-9H2,1-2H3,(H,19,22)/t14-/m0/s1. The fourth-order valence-electron chi connectivity index (χ4n) is 2.59. The normalized spacial score (nSPS) is 18.1. The zero-order valence-electron chi connectivity index (χ0n) is 12.7. The van der Waals surface area contributed by atoms with E-state index in [0.717, 1.165) is 0 Å². The minimum Gasteiger partial charge on any atom is -0.350 e. The van der Waals surface area contributed by atoms with Gasteiger partial charge in [-0.05, 0) is 30.0 Å². The van der Waals surface area contributed by atoms with Gasteiger partial charge in [0.2, 0.25) is 11.8 Å². The molecule has 4 nitrogen and oxygen atoms in total. The molecule has 0 aromatic heterocycles. The van der Waals surface area contributed by atoms with Crippen molar-refractivity contribution < 1.29 is 14.0 Å². The number of benzene rings is 1. The van der Waals surface area contributed by atoms with Gasteiger partial charge in [0.15, 0.2) is 0 Å². The minimum absolute atomic E-state index is 0.0219. The number of carbonyl (C=O) groups excluding carboxylic acids is 2. The lowest BCUT2D eigenvalue weighted by molar-refractivity contribution is -0.135. The van der Waals surface area contributed by atoms with Gasteiger partial charge in [0.25, 0.3) is 0 Å². The third-order valence-electron chi connectivity index (χ3n) is 3.66. The van der Waals surface area contributed by atoms with E-state index in [1.54, 1.807) is 11.0 Å². The van der Waals surface area contributed by atoms with Crippen molar-refractivity contribution in [2.45, 2.75) is 39.3 Å². The first kappa shape index (κ1) is 16.7. The summed E-state index contributed by atoms with van der Waals surface area (Å²) in [6, 6.07) is 3.64. The molecule has 0 bridgehead atoms. The Kier molecular flexibility index (Phi) is 5.40. The van der Waals surface area contributed by atoms with Crippen LogP contribution in [-0.4, -0.2) is 29.3 Å². The number of halogens is 2. The molecule has 0 spiro atoms. The van der Waals surface area contributed by atoms with Gasteiger partial charge in [-0.3, -0.25) is 9.59 Å². The zero-order valence-corrected chi connectivity index (χ0v) is 13.5. The Morgan fingerprint density at radius 2 is 2.23 bits per heavy atom. The van der Waals surface area contributed by atoms with Crippen molar-refractivity contribution in [3.63, 3.8) is 0 Å². The van der Waals surface area contributed by atoms with Crippen LogP contribution < -0.4 is 5.32 Å². The lowest BCUT2D eigenvalue weighted by atomic mass is 10.1. The molecule has 1 atom stereocenters. The third kappa shape index (κ3) is 3.97. The van der Waals surface area contributed by atoms with E-state index in [0.29, 0.717) is 30.9 Å². The minimum atomic E-state index is -0.422. The van der Waals surface area contributed by atoms with E-state index in [1.165, 1.54) is 12.1 Å². The van der Waals surface area contributed by atoms with Gasteiger partial charge in [-0.2, -0.15) is 0 Å². The van der Waals surface area contributed by atoms with E-state index in [1.807, 2.05) is 13.8 Å². The third-order valence-corrected chi connectivity index (χ3v) is 4.01. The Labute approximate surface area is 134 Å². The molecule has 6 heteroatoms. The highest BCUT2D eigenvalue weighted by atomic mass is 35.5. The van der Waals surface area contributed by atoms with Gasteiger partial charge in [-0.1, -0.05) is 31.5 Å². The van der Waals surface area contributed by atoms with Gasteiger partial charge in [-0.25, -0.2) is 4.39 Å². The average molecular weight is 327 g/mol. The molecule has 22 heavy (non-hydrogen) atoms. The second kappa shape index (κ2) is 7.09. The predicted octanol–water partition coefficient (Wildman–Crippen LogP) is 2.74. The molecule has 1 fully saturated rings. The molecule has 0 saturated carbocycles. The maximum absolute atomic E-state index is 13.0. The molecule has 0 unspecified atom stereocenters. The summed E-state index contributed by atoms with van der Waals surface area (Å²) in [6.07, 6.45) is 0.941. The van der Waals surface area contributed by atoms with Crippen LogP contribution in [-0.2, 0) is 16.1 Å². The van der Waals surface area contributed by atoms with Crippen LogP contribution in [0.1, 0.15) is 32.3 Å². The fraction of sp³-hybridized carbons (Fsp3) is 0.500. The summed E-state index contributed by atoms with van der Waals surface area (Å²) in [5, 5.41) is 3.06. The Hall–Kier alpha value is -1.62. The number of nitrogens with one attached hydrogen (secondary N) is 1. The summed E-state index contributed by atoms with van der Waals surface area (Å²) in [4.78, 5) is 25.8. The Bertz CT molecular complexity index is 577.